The molecule has 2 amide bonds. The first-order valence-electron chi connectivity index (χ1n) is 13.0. The van der Waals surface area contributed by atoms with Crippen LogP contribution in [0.3, 0.4) is 0 Å². The predicted octanol–water partition coefficient (Wildman–Crippen LogP) is 5.94. The average Bonchev–Trinajstić information content (AvgIpc) is 2.88. The van der Waals surface area contributed by atoms with Crippen LogP contribution in [0.4, 0.5) is 4.79 Å². The van der Waals surface area contributed by atoms with Crippen LogP contribution in [0, 0.1) is 0 Å². The Bertz CT molecular complexity index is 1090. The number of carbonyl (C=O) groups excluding carboxylic acids is 2. The van der Waals surface area contributed by atoms with Gasteiger partial charge in [0.2, 0.25) is 5.91 Å². The van der Waals surface area contributed by atoms with Crippen molar-refractivity contribution in [3.05, 3.63) is 72.6 Å². The molecular weight excluding hydrogens is 464 g/mol. The normalized spacial score (nSPS) is 12.0. The first-order valence-corrected chi connectivity index (χ1v) is 13.0. The second-order valence-corrected chi connectivity index (χ2v) is 10.1. The van der Waals surface area contributed by atoms with Crippen LogP contribution in [0.1, 0.15) is 58.9 Å². The van der Waals surface area contributed by atoms with Gasteiger partial charge < -0.3 is 15.4 Å². The summed E-state index contributed by atoms with van der Waals surface area (Å²) in [5.74, 6) is -0.185. The molecule has 0 radical (unpaired) electrons. The molecule has 0 fully saturated rings. The smallest absolute Gasteiger partial charge is 0.408 e. The highest BCUT2D eigenvalue weighted by atomic mass is 16.6. The van der Waals surface area contributed by atoms with Crippen molar-refractivity contribution in [3.63, 3.8) is 0 Å². The Hall–Kier alpha value is -3.74. The molecule has 3 rings (SSSR count). The molecule has 2 aromatic heterocycles. The highest BCUT2D eigenvalue weighted by molar-refractivity contribution is 5.85. The summed E-state index contributed by atoms with van der Waals surface area (Å²) in [5, 5.41) is 5.70. The summed E-state index contributed by atoms with van der Waals surface area (Å²) in [6.45, 7) is 8.06. The van der Waals surface area contributed by atoms with Crippen LogP contribution in [0.25, 0.3) is 22.5 Å². The largest absolute Gasteiger partial charge is 0.444 e. The van der Waals surface area contributed by atoms with Crippen LogP contribution in [0.5, 0.6) is 0 Å². The SMILES string of the molecule is CCCCNC(=O)C(CCCc1cc(-c2ccccn2)cc(-c2ccccn2)c1)NC(=O)OC(C)(C)C. The minimum absolute atomic E-state index is 0.185. The van der Waals surface area contributed by atoms with Gasteiger partial charge in [-0.15, -0.1) is 0 Å². The maximum absolute atomic E-state index is 12.8. The Morgan fingerprint density at radius 2 is 1.54 bits per heavy atom. The number of aromatic nitrogens is 2. The summed E-state index contributed by atoms with van der Waals surface area (Å²) < 4.78 is 5.39. The van der Waals surface area contributed by atoms with Crippen molar-refractivity contribution in [2.24, 2.45) is 0 Å². The third-order valence-corrected chi connectivity index (χ3v) is 5.71. The number of pyridine rings is 2. The van der Waals surface area contributed by atoms with Gasteiger partial charge >= 0.3 is 6.09 Å². The van der Waals surface area contributed by atoms with Gasteiger partial charge in [0.1, 0.15) is 11.6 Å². The number of alkyl carbamates (subject to hydrolysis) is 1. The Labute approximate surface area is 220 Å². The van der Waals surface area contributed by atoms with Gasteiger partial charge in [0.05, 0.1) is 11.4 Å². The number of ether oxygens (including phenoxy) is 1. The third kappa shape index (κ3) is 9.33. The number of nitrogens with one attached hydrogen (secondary N) is 2. The molecule has 2 heterocycles. The van der Waals surface area contributed by atoms with Crippen molar-refractivity contribution in [3.8, 4) is 22.5 Å². The molecule has 2 N–H and O–H groups in total. The molecule has 0 aliphatic heterocycles. The number of rotatable bonds is 11. The minimum atomic E-state index is -0.666. The molecule has 1 atom stereocenters. The van der Waals surface area contributed by atoms with E-state index >= 15 is 0 Å². The number of benzene rings is 1. The Morgan fingerprint density at radius 3 is 2.05 bits per heavy atom. The van der Waals surface area contributed by atoms with E-state index in [-0.39, 0.29) is 5.91 Å². The molecule has 37 heavy (non-hydrogen) atoms. The van der Waals surface area contributed by atoms with Gasteiger partial charge in [-0.2, -0.15) is 0 Å². The molecule has 0 spiro atoms. The topological polar surface area (TPSA) is 93.2 Å². The second kappa shape index (κ2) is 13.5. The summed E-state index contributed by atoms with van der Waals surface area (Å²) in [6.07, 6.45) is 6.78. The van der Waals surface area contributed by atoms with E-state index in [1.165, 1.54) is 0 Å². The van der Waals surface area contributed by atoms with E-state index in [9.17, 15) is 9.59 Å². The molecule has 0 saturated heterocycles. The first kappa shape index (κ1) is 27.8. The van der Waals surface area contributed by atoms with E-state index in [4.69, 9.17) is 4.74 Å². The Kier molecular flexibility index (Phi) is 10.2. The van der Waals surface area contributed by atoms with Crippen LogP contribution in [-0.4, -0.2) is 40.2 Å². The van der Waals surface area contributed by atoms with E-state index in [0.717, 1.165) is 47.3 Å². The highest BCUT2D eigenvalue weighted by Crippen LogP contribution is 2.27. The predicted molar refractivity (Wildman–Crippen MR) is 147 cm³/mol. The lowest BCUT2D eigenvalue weighted by Gasteiger charge is -2.23. The molecule has 7 heteroatoms. The lowest BCUT2D eigenvalue weighted by atomic mass is 9.97. The summed E-state index contributed by atoms with van der Waals surface area (Å²) >= 11 is 0. The van der Waals surface area contributed by atoms with Crippen molar-refractivity contribution in [2.75, 3.05) is 6.54 Å². The fourth-order valence-corrected chi connectivity index (χ4v) is 3.94. The minimum Gasteiger partial charge on any atom is -0.444 e. The first-order chi connectivity index (χ1) is 17.7. The zero-order chi connectivity index (χ0) is 26.7. The van der Waals surface area contributed by atoms with Gasteiger partial charge in [0, 0.05) is 30.1 Å². The number of hydrogen-bond donors (Lipinski definition) is 2. The lowest BCUT2D eigenvalue weighted by Crippen LogP contribution is -2.48. The molecule has 0 bridgehead atoms. The molecule has 0 aliphatic rings. The number of amides is 2. The van der Waals surface area contributed by atoms with Crippen molar-refractivity contribution in [1.29, 1.82) is 0 Å². The molecule has 196 valence electrons. The zero-order valence-electron chi connectivity index (χ0n) is 22.3. The monoisotopic (exact) mass is 502 g/mol. The zero-order valence-corrected chi connectivity index (χ0v) is 22.3. The summed E-state index contributed by atoms with van der Waals surface area (Å²) in [7, 11) is 0. The number of unbranched alkanes of at least 4 members (excludes halogenated alkanes) is 1. The quantitative estimate of drug-likeness (QED) is 0.316. The highest BCUT2D eigenvalue weighted by Gasteiger charge is 2.24. The fraction of sp³-hybridized carbons (Fsp3) is 0.400. The van der Waals surface area contributed by atoms with Crippen LogP contribution in [0.15, 0.2) is 67.0 Å². The van der Waals surface area contributed by atoms with Crippen LogP contribution in [-0.2, 0) is 16.0 Å². The van der Waals surface area contributed by atoms with Crippen LogP contribution in [0.2, 0.25) is 0 Å². The van der Waals surface area contributed by atoms with Gasteiger partial charge in [-0.25, -0.2) is 4.79 Å². The van der Waals surface area contributed by atoms with Crippen molar-refractivity contribution in [2.45, 2.75) is 71.4 Å². The third-order valence-electron chi connectivity index (χ3n) is 5.71. The summed E-state index contributed by atoms with van der Waals surface area (Å²) in [6, 6.07) is 17.4. The molecular formula is C30H38N4O3. The molecule has 1 aromatic carbocycles. The number of hydrogen-bond acceptors (Lipinski definition) is 5. The summed E-state index contributed by atoms with van der Waals surface area (Å²) in [5.41, 5.74) is 4.29. The maximum atomic E-state index is 12.8. The van der Waals surface area contributed by atoms with Crippen molar-refractivity contribution >= 4 is 12.0 Å². The Balaban J connectivity index is 1.76. The summed E-state index contributed by atoms with van der Waals surface area (Å²) in [4.78, 5) is 34.3. The van der Waals surface area contributed by atoms with Gasteiger partial charge in [0.15, 0.2) is 0 Å². The number of aryl methyl sites for hydroxylation is 1. The molecule has 3 aromatic rings. The van der Waals surface area contributed by atoms with E-state index in [2.05, 4.69) is 45.7 Å². The average molecular weight is 503 g/mol. The van der Waals surface area contributed by atoms with Crippen molar-refractivity contribution < 1.29 is 14.3 Å². The van der Waals surface area contributed by atoms with Gasteiger partial charge in [-0.1, -0.05) is 25.5 Å². The molecule has 1 unspecified atom stereocenters. The van der Waals surface area contributed by atoms with Crippen molar-refractivity contribution in [1.82, 2.24) is 20.6 Å². The molecule has 7 nitrogen and oxygen atoms in total. The fourth-order valence-electron chi connectivity index (χ4n) is 3.94. The van der Waals surface area contributed by atoms with Gasteiger partial charge in [-0.05, 0) is 94.5 Å². The van der Waals surface area contributed by atoms with E-state index in [1.807, 2.05) is 36.4 Å². The number of nitrogens with zero attached hydrogens (tertiary/aromatic N) is 2. The van der Waals surface area contributed by atoms with E-state index < -0.39 is 17.7 Å². The lowest BCUT2D eigenvalue weighted by molar-refractivity contribution is -0.123. The Morgan fingerprint density at radius 1 is 0.919 bits per heavy atom. The molecule has 0 saturated carbocycles. The maximum Gasteiger partial charge on any atom is 0.408 e. The standard InChI is InChI=1S/C30H38N4O3/c1-5-6-16-33-28(35)27(34-29(36)37-30(2,3)4)15-11-12-22-19-23(25-13-7-9-17-31-25)21-24(20-22)26-14-8-10-18-32-26/h7-10,13-14,17-21,27H,5-6,11-12,15-16H2,1-4H3,(H,33,35)(H,34,36). The number of carbonyl (C=O) groups is 2. The van der Waals surface area contributed by atoms with Gasteiger partial charge in [0.25, 0.3) is 0 Å². The molecule has 0 aliphatic carbocycles. The van der Waals surface area contributed by atoms with E-state index in [0.29, 0.717) is 19.4 Å². The van der Waals surface area contributed by atoms with Gasteiger partial charge in [-0.3, -0.25) is 14.8 Å². The van der Waals surface area contributed by atoms with Crippen LogP contribution >= 0.6 is 0 Å². The van der Waals surface area contributed by atoms with E-state index in [1.54, 1.807) is 33.2 Å². The van der Waals surface area contributed by atoms with Crippen LogP contribution < -0.4 is 10.6 Å². The second-order valence-electron chi connectivity index (χ2n) is 10.1.